The molecule has 0 saturated carbocycles. The van der Waals surface area contributed by atoms with Gasteiger partial charge in [0, 0.05) is 13.6 Å². The van der Waals surface area contributed by atoms with Crippen LogP contribution >= 0.6 is 0 Å². The van der Waals surface area contributed by atoms with Crippen molar-refractivity contribution < 1.29 is 9.59 Å². The summed E-state index contributed by atoms with van der Waals surface area (Å²) in [7, 11) is 1.57. The minimum Gasteiger partial charge on any atom is -0.359 e. The van der Waals surface area contributed by atoms with Gasteiger partial charge in [-0.15, -0.1) is 0 Å². The van der Waals surface area contributed by atoms with E-state index < -0.39 is 11.0 Å². The van der Waals surface area contributed by atoms with Gasteiger partial charge in [0.15, 0.2) is 0 Å². The molecule has 0 unspecified atom stereocenters. The Labute approximate surface area is 90.8 Å². The van der Waals surface area contributed by atoms with Crippen LogP contribution in [0, 0.1) is 5.41 Å². The van der Waals surface area contributed by atoms with E-state index in [1.807, 2.05) is 0 Å². The fraction of sp³-hybridized carbons (Fsp3) is 0.800. The molecular weight excluding hydrogens is 194 g/mol. The average molecular weight is 215 g/mol. The molecule has 0 aliphatic rings. The van der Waals surface area contributed by atoms with E-state index in [9.17, 15) is 9.59 Å². The molecular formula is C10H21N3O2. The van der Waals surface area contributed by atoms with Gasteiger partial charge in [0.1, 0.15) is 0 Å². The summed E-state index contributed by atoms with van der Waals surface area (Å²) >= 11 is 0. The summed E-state index contributed by atoms with van der Waals surface area (Å²) in [6.45, 7) is 7.03. The molecule has 0 spiro atoms. The Balaban J connectivity index is 4.28. The summed E-state index contributed by atoms with van der Waals surface area (Å²) in [4.78, 5) is 22.9. The van der Waals surface area contributed by atoms with E-state index in [1.54, 1.807) is 34.7 Å². The fourth-order valence-electron chi connectivity index (χ4n) is 0.948. The van der Waals surface area contributed by atoms with E-state index in [0.717, 1.165) is 0 Å². The van der Waals surface area contributed by atoms with Crippen LogP contribution in [0.3, 0.4) is 0 Å². The van der Waals surface area contributed by atoms with Crippen molar-refractivity contribution in [3.8, 4) is 0 Å². The second-order valence-electron chi connectivity index (χ2n) is 4.87. The lowest BCUT2D eigenvalue weighted by molar-refractivity contribution is -0.130. The molecule has 0 rings (SSSR count). The third-order valence-corrected chi connectivity index (χ3v) is 2.12. The summed E-state index contributed by atoms with van der Waals surface area (Å²) in [5.41, 5.74) is 4.06. The van der Waals surface area contributed by atoms with Crippen molar-refractivity contribution in [2.45, 2.75) is 33.2 Å². The highest BCUT2D eigenvalue weighted by molar-refractivity contribution is 5.86. The molecule has 2 amide bonds. The zero-order chi connectivity index (χ0) is 12.3. The molecule has 0 aromatic carbocycles. The van der Waals surface area contributed by atoms with Gasteiger partial charge < -0.3 is 16.4 Å². The van der Waals surface area contributed by atoms with E-state index in [2.05, 4.69) is 10.6 Å². The van der Waals surface area contributed by atoms with E-state index in [4.69, 9.17) is 5.73 Å². The number of hydrogen-bond donors (Lipinski definition) is 3. The Morgan fingerprint density at radius 1 is 1.13 bits per heavy atom. The lowest BCUT2D eigenvalue weighted by Gasteiger charge is -2.25. The van der Waals surface area contributed by atoms with Crippen molar-refractivity contribution in [2.75, 3.05) is 13.6 Å². The molecule has 0 bridgehead atoms. The SMILES string of the molecule is CNC(=O)C(C)(C)CNC(=O)C(C)(C)N. The van der Waals surface area contributed by atoms with Crippen molar-refractivity contribution in [2.24, 2.45) is 11.1 Å². The first-order chi connectivity index (χ1) is 6.61. The number of carbonyl (C=O) groups is 2. The highest BCUT2D eigenvalue weighted by Gasteiger charge is 2.29. The van der Waals surface area contributed by atoms with Crippen LogP contribution in [-0.2, 0) is 9.59 Å². The normalized spacial score (nSPS) is 12.1. The molecule has 5 heteroatoms. The average Bonchev–Trinajstić information content (AvgIpc) is 2.11. The van der Waals surface area contributed by atoms with Crippen molar-refractivity contribution in [3.05, 3.63) is 0 Å². The van der Waals surface area contributed by atoms with Crippen LogP contribution in [0.5, 0.6) is 0 Å². The first-order valence-corrected chi connectivity index (χ1v) is 4.90. The Morgan fingerprint density at radius 2 is 1.60 bits per heavy atom. The maximum Gasteiger partial charge on any atom is 0.239 e. The number of hydrogen-bond acceptors (Lipinski definition) is 3. The molecule has 5 nitrogen and oxygen atoms in total. The molecule has 0 aliphatic carbocycles. The molecule has 88 valence electrons. The van der Waals surface area contributed by atoms with Crippen LogP contribution in [0.4, 0.5) is 0 Å². The van der Waals surface area contributed by atoms with Crippen LogP contribution < -0.4 is 16.4 Å². The topological polar surface area (TPSA) is 84.2 Å². The van der Waals surface area contributed by atoms with Crippen LogP contribution in [-0.4, -0.2) is 30.9 Å². The molecule has 0 heterocycles. The largest absolute Gasteiger partial charge is 0.359 e. The van der Waals surface area contributed by atoms with Crippen molar-refractivity contribution in [1.29, 1.82) is 0 Å². The predicted molar refractivity (Wildman–Crippen MR) is 59.1 cm³/mol. The van der Waals surface area contributed by atoms with Crippen LogP contribution in [0.1, 0.15) is 27.7 Å². The van der Waals surface area contributed by atoms with Gasteiger partial charge >= 0.3 is 0 Å². The summed E-state index contributed by atoms with van der Waals surface area (Å²) in [5.74, 6) is -0.378. The van der Waals surface area contributed by atoms with Gasteiger partial charge in [-0.05, 0) is 27.7 Å². The molecule has 0 fully saturated rings. The smallest absolute Gasteiger partial charge is 0.239 e. The van der Waals surface area contributed by atoms with Crippen LogP contribution in [0.15, 0.2) is 0 Å². The maximum absolute atomic E-state index is 11.5. The second-order valence-corrected chi connectivity index (χ2v) is 4.87. The number of rotatable bonds is 4. The van der Waals surface area contributed by atoms with Gasteiger partial charge in [0.2, 0.25) is 11.8 Å². The summed E-state index contributed by atoms with van der Waals surface area (Å²) < 4.78 is 0. The third kappa shape index (κ3) is 4.29. The maximum atomic E-state index is 11.5. The third-order valence-electron chi connectivity index (χ3n) is 2.12. The molecule has 0 aromatic rings. The number of carbonyl (C=O) groups excluding carboxylic acids is 2. The van der Waals surface area contributed by atoms with E-state index >= 15 is 0 Å². The Hall–Kier alpha value is -1.10. The van der Waals surface area contributed by atoms with Gasteiger partial charge in [0.25, 0.3) is 0 Å². The zero-order valence-corrected chi connectivity index (χ0v) is 10.1. The minimum atomic E-state index is -0.918. The predicted octanol–water partition coefficient (Wildman–Crippen LogP) is -0.388. The first kappa shape index (κ1) is 13.9. The van der Waals surface area contributed by atoms with Gasteiger partial charge in [-0.3, -0.25) is 9.59 Å². The number of nitrogens with one attached hydrogen (secondary N) is 2. The van der Waals surface area contributed by atoms with E-state index in [1.165, 1.54) is 0 Å². The van der Waals surface area contributed by atoms with Gasteiger partial charge in [-0.25, -0.2) is 0 Å². The molecule has 0 aliphatic heterocycles. The number of amides is 2. The van der Waals surface area contributed by atoms with Gasteiger partial charge in [0.05, 0.1) is 11.0 Å². The van der Waals surface area contributed by atoms with Crippen LogP contribution in [0.2, 0.25) is 0 Å². The highest BCUT2D eigenvalue weighted by Crippen LogP contribution is 2.13. The number of nitrogens with two attached hydrogens (primary N) is 1. The van der Waals surface area contributed by atoms with Crippen molar-refractivity contribution in [1.82, 2.24) is 10.6 Å². The Bertz CT molecular complexity index is 254. The summed E-state index contributed by atoms with van der Waals surface area (Å²) in [6.07, 6.45) is 0. The molecule has 4 N–H and O–H groups in total. The summed E-state index contributed by atoms with van der Waals surface area (Å²) in [6, 6.07) is 0. The molecule has 15 heavy (non-hydrogen) atoms. The minimum absolute atomic E-state index is 0.113. The molecule has 0 saturated heterocycles. The lowest BCUT2D eigenvalue weighted by atomic mass is 9.92. The first-order valence-electron chi connectivity index (χ1n) is 4.90. The van der Waals surface area contributed by atoms with Crippen LogP contribution in [0.25, 0.3) is 0 Å². The standard InChI is InChI=1S/C10H21N3O2/c1-9(2,7(14)12-5)6-13-8(15)10(3,4)11/h6,11H2,1-5H3,(H,12,14)(H,13,15). The van der Waals surface area contributed by atoms with Gasteiger partial charge in [-0.2, -0.15) is 0 Å². The highest BCUT2D eigenvalue weighted by atomic mass is 16.2. The van der Waals surface area contributed by atoms with Crippen molar-refractivity contribution in [3.63, 3.8) is 0 Å². The monoisotopic (exact) mass is 215 g/mol. The zero-order valence-electron chi connectivity index (χ0n) is 10.1. The van der Waals surface area contributed by atoms with E-state index in [-0.39, 0.29) is 18.4 Å². The second kappa shape index (κ2) is 4.61. The summed E-state index contributed by atoms with van der Waals surface area (Å²) in [5, 5.41) is 5.20. The Kier molecular flexibility index (Phi) is 4.27. The molecule has 0 atom stereocenters. The fourth-order valence-corrected chi connectivity index (χ4v) is 0.948. The molecule has 0 radical (unpaired) electrons. The van der Waals surface area contributed by atoms with Gasteiger partial charge in [-0.1, -0.05) is 0 Å². The lowest BCUT2D eigenvalue weighted by Crippen LogP contribution is -2.52. The quantitative estimate of drug-likeness (QED) is 0.597. The van der Waals surface area contributed by atoms with E-state index in [0.29, 0.717) is 0 Å². The van der Waals surface area contributed by atoms with Crippen molar-refractivity contribution >= 4 is 11.8 Å². The Morgan fingerprint density at radius 3 is 1.93 bits per heavy atom. The molecule has 0 aromatic heterocycles.